The Morgan fingerprint density at radius 2 is 1.74 bits per heavy atom. The molecule has 0 atom stereocenters. The largest absolute Gasteiger partial charge is 0.486 e. The molecular formula is C23H21NO7. The van der Waals surface area contributed by atoms with E-state index in [-0.39, 0.29) is 0 Å². The van der Waals surface area contributed by atoms with Crippen LogP contribution < -0.4 is 19.8 Å². The van der Waals surface area contributed by atoms with Crippen molar-refractivity contribution in [3.8, 4) is 28.4 Å². The van der Waals surface area contributed by atoms with Gasteiger partial charge in [-0.25, -0.2) is 9.59 Å². The van der Waals surface area contributed by atoms with Gasteiger partial charge in [0.05, 0.1) is 18.8 Å². The fourth-order valence-electron chi connectivity index (χ4n) is 3.84. The summed E-state index contributed by atoms with van der Waals surface area (Å²) in [6.07, 6.45) is -0.426. The Balaban J connectivity index is 1.51. The predicted octanol–water partition coefficient (Wildman–Crippen LogP) is 3.37. The summed E-state index contributed by atoms with van der Waals surface area (Å²) in [4.78, 5) is 26.8. The van der Waals surface area contributed by atoms with Gasteiger partial charge < -0.3 is 28.3 Å². The van der Waals surface area contributed by atoms with E-state index in [9.17, 15) is 9.59 Å². The lowest BCUT2D eigenvalue weighted by atomic mass is 9.99. The lowest BCUT2D eigenvalue weighted by Gasteiger charge is -2.25. The molecule has 1 saturated heterocycles. The van der Waals surface area contributed by atoms with Gasteiger partial charge in [0.25, 0.3) is 0 Å². The number of amides is 1. The second kappa shape index (κ2) is 7.96. The van der Waals surface area contributed by atoms with E-state index in [4.69, 9.17) is 23.4 Å². The molecule has 0 N–H and O–H groups in total. The van der Waals surface area contributed by atoms with E-state index in [1.54, 1.807) is 41.3 Å². The van der Waals surface area contributed by atoms with Crippen molar-refractivity contribution < 1.29 is 28.2 Å². The van der Waals surface area contributed by atoms with E-state index in [1.807, 2.05) is 6.92 Å². The zero-order valence-electron chi connectivity index (χ0n) is 17.0. The minimum absolute atomic E-state index is 0.383. The van der Waals surface area contributed by atoms with Crippen molar-refractivity contribution in [2.24, 2.45) is 0 Å². The number of carbonyl (C=O) groups is 1. The Hall–Kier alpha value is -3.52. The van der Waals surface area contributed by atoms with E-state index in [1.165, 1.54) is 0 Å². The molecule has 3 aromatic rings. The fraction of sp³-hybridized carbons (Fsp3) is 0.304. The molecule has 2 aliphatic heterocycles. The van der Waals surface area contributed by atoms with Crippen LogP contribution in [0.4, 0.5) is 4.79 Å². The molecular weight excluding hydrogens is 402 g/mol. The third-order valence-corrected chi connectivity index (χ3v) is 5.44. The molecule has 8 nitrogen and oxygen atoms in total. The number of hydrogen-bond donors (Lipinski definition) is 0. The Kier molecular flexibility index (Phi) is 4.99. The molecule has 0 bridgehead atoms. The van der Waals surface area contributed by atoms with Crippen LogP contribution in [0.1, 0.15) is 5.56 Å². The number of hydrogen-bond acceptors (Lipinski definition) is 7. The number of nitrogens with zero attached hydrogens (tertiary/aromatic N) is 1. The van der Waals surface area contributed by atoms with Gasteiger partial charge in [0.15, 0.2) is 11.5 Å². The highest BCUT2D eigenvalue weighted by molar-refractivity contribution is 5.88. The lowest BCUT2D eigenvalue weighted by molar-refractivity contribution is 0.0416. The molecule has 31 heavy (non-hydrogen) atoms. The summed E-state index contributed by atoms with van der Waals surface area (Å²) in [6, 6.07) is 10.3. The second-order valence-electron chi connectivity index (χ2n) is 7.37. The molecule has 1 fully saturated rings. The van der Waals surface area contributed by atoms with Crippen molar-refractivity contribution >= 4 is 17.1 Å². The molecule has 5 rings (SSSR count). The van der Waals surface area contributed by atoms with Crippen molar-refractivity contribution in [3.63, 3.8) is 0 Å². The summed E-state index contributed by atoms with van der Waals surface area (Å²) in [7, 11) is 0. The van der Waals surface area contributed by atoms with Crippen LogP contribution in [0.5, 0.6) is 17.2 Å². The molecule has 0 unspecified atom stereocenters. The van der Waals surface area contributed by atoms with Crippen LogP contribution in [0.15, 0.2) is 45.6 Å². The Morgan fingerprint density at radius 3 is 2.55 bits per heavy atom. The highest BCUT2D eigenvalue weighted by atomic mass is 16.6. The van der Waals surface area contributed by atoms with Crippen molar-refractivity contribution in [2.75, 3.05) is 39.5 Å². The number of fused-ring (bicyclic) bond motifs is 2. The van der Waals surface area contributed by atoms with Gasteiger partial charge in [-0.15, -0.1) is 0 Å². The molecule has 1 amide bonds. The summed E-state index contributed by atoms with van der Waals surface area (Å²) < 4.78 is 27.6. The number of rotatable bonds is 2. The zero-order chi connectivity index (χ0) is 21.4. The molecule has 3 heterocycles. The third kappa shape index (κ3) is 3.70. The highest BCUT2D eigenvalue weighted by Crippen LogP contribution is 2.36. The minimum Gasteiger partial charge on any atom is -0.486 e. The maximum Gasteiger partial charge on any atom is 0.415 e. The van der Waals surface area contributed by atoms with Crippen LogP contribution >= 0.6 is 0 Å². The van der Waals surface area contributed by atoms with E-state index < -0.39 is 11.7 Å². The average Bonchev–Trinajstić information content (AvgIpc) is 2.80. The maximum atomic E-state index is 12.7. The third-order valence-electron chi connectivity index (χ3n) is 5.44. The average molecular weight is 423 g/mol. The van der Waals surface area contributed by atoms with Crippen LogP contribution in [0, 0.1) is 6.92 Å². The molecule has 0 spiro atoms. The quantitative estimate of drug-likeness (QED) is 0.584. The van der Waals surface area contributed by atoms with Crippen LogP contribution in [0.2, 0.25) is 0 Å². The number of ether oxygens (including phenoxy) is 4. The van der Waals surface area contributed by atoms with Crippen molar-refractivity contribution in [2.45, 2.75) is 6.92 Å². The standard InChI is InChI=1S/C23H21NO7/c1-14-17-13-16(30-23(26)24-6-8-27-9-7-24)3-5-18(17)31-22(25)21(14)15-2-4-19-20(12-15)29-11-10-28-19/h2-5,12-13H,6-11H2,1H3. The topological polar surface area (TPSA) is 87.4 Å². The van der Waals surface area contributed by atoms with Gasteiger partial charge in [-0.2, -0.15) is 0 Å². The van der Waals surface area contributed by atoms with Crippen LogP contribution in [-0.4, -0.2) is 50.5 Å². The monoisotopic (exact) mass is 423 g/mol. The smallest absolute Gasteiger partial charge is 0.415 e. The van der Waals surface area contributed by atoms with Gasteiger partial charge >= 0.3 is 11.7 Å². The van der Waals surface area contributed by atoms with Gasteiger partial charge in [-0.1, -0.05) is 6.07 Å². The zero-order valence-corrected chi connectivity index (χ0v) is 17.0. The first kappa shape index (κ1) is 19.4. The summed E-state index contributed by atoms with van der Waals surface area (Å²) in [6.45, 7) is 4.78. The van der Waals surface area contributed by atoms with Gasteiger partial charge in [0.2, 0.25) is 0 Å². The van der Waals surface area contributed by atoms with Crippen LogP contribution in [0.25, 0.3) is 22.1 Å². The van der Waals surface area contributed by atoms with Gasteiger partial charge in [0.1, 0.15) is 24.5 Å². The lowest BCUT2D eigenvalue weighted by Crippen LogP contribution is -2.42. The normalized spacial score (nSPS) is 15.7. The fourth-order valence-corrected chi connectivity index (χ4v) is 3.84. The number of carbonyl (C=O) groups excluding carboxylic acids is 1. The number of morpholine rings is 1. The SMILES string of the molecule is Cc1c(-c2ccc3c(c2)OCCO3)c(=O)oc2ccc(OC(=O)N3CCOCC3)cc12. The summed E-state index contributed by atoms with van der Waals surface area (Å²) in [5, 5.41) is 0.691. The maximum absolute atomic E-state index is 12.7. The molecule has 160 valence electrons. The van der Waals surface area contributed by atoms with Crippen LogP contribution in [-0.2, 0) is 4.74 Å². The van der Waals surface area contributed by atoms with Gasteiger partial charge in [-0.3, -0.25) is 0 Å². The Morgan fingerprint density at radius 1 is 0.968 bits per heavy atom. The molecule has 0 saturated carbocycles. The highest BCUT2D eigenvalue weighted by Gasteiger charge is 2.21. The molecule has 2 aromatic carbocycles. The van der Waals surface area contributed by atoms with E-state index >= 15 is 0 Å². The van der Waals surface area contributed by atoms with Crippen molar-refractivity contribution in [1.82, 2.24) is 4.90 Å². The van der Waals surface area contributed by atoms with Gasteiger partial charge in [0, 0.05) is 18.5 Å². The molecule has 1 aromatic heterocycles. The van der Waals surface area contributed by atoms with Crippen molar-refractivity contribution in [1.29, 1.82) is 0 Å². The molecule has 0 aliphatic carbocycles. The first-order valence-corrected chi connectivity index (χ1v) is 10.1. The second-order valence-corrected chi connectivity index (χ2v) is 7.37. The number of aryl methyl sites for hydroxylation is 1. The molecule has 2 aliphatic rings. The summed E-state index contributed by atoms with van der Waals surface area (Å²) in [5.74, 6) is 1.63. The Bertz CT molecular complexity index is 1210. The first-order chi connectivity index (χ1) is 15.1. The van der Waals surface area contributed by atoms with E-state index in [0.29, 0.717) is 78.9 Å². The van der Waals surface area contributed by atoms with E-state index in [0.717, 1.165) is 5.56 Å². The predicted molar refractivity (Wildman–Crippen MR) is 112 cm³/mol. The molecule has 8 heteroatoms. The summed E-state index contributed by atoms with van der Waals surface area (Å²) >= 11 is 0. The number of benzene rings is 2. The Labute approximate surface area is 177 Å². The minimum atomic E-state index is -0.445. The van der Waals surface area contributed by atoms with E-state index in [2.05, 4.69) is 0 Å². The van der Waals surface area contributed by atoms with Gasteiger partial charge in [-0.05, 0) is 48.4 Å². The van der Waals surface area contributed by atoms with Crippen molar-refractivity contribution in [3.05, 3.63) is 52.4 Å². The van der Waals surface area contributed by atoms with Crippen LogP contribution in [0.3, 0.4) is 0 Å². The summed E-state index contributed by atoms with van der Waals surface area (Å²) in [5.41, 5.74) is 1.82. The first-order valence-electron chi connectivity index (χ1n) is 10.1. The molecule has 0 radical (unpaired) electrons.